The zero-order valence-electron chi connectivity index (χ0n) is 11.1. The minimum atomic E-state index is -0.570. The zero-order valence-corrected chi connectivity index (χ0v) is 12.6. The van der Waals surface area contributed by atoms with Gasteiger partial charge in [-0.3, -0.25) is 0 Å². The number of anilines is 1. The summed E-state index contributed by atoms with van der Waals surface area (Å²) in [5.41, 5.74) is 0.658. The molecule has 0 aromatic heterocycles. The van der Waals surface area contributed by atoms with Crippen LogP contribution in [0.2, 0.25) is 10.0 Å². The molecule has 106 valence electrons. The van der Waals surface area contributed by atoms with Gasteiger partial charge in [0.05, 0.1) is 15.6 Å². The summed E-state index contributed by atoms with van der Waals surface area (Å²) < 4.78 is 19.2. The molecule has 0 saturated carbocycles. The second kappa shape index (κ2) is 5.86. The Kier molecular flexibility index (Phi) is 4.59. The Hall–Kier alpha value is -0.510. The van der Waals surface area contributed by atoms with Crippen LogP contribution in [0.25, 0.3) is 0 Å². The van der Waals surface area contributed by atoms with Gasteiger partial charge in [-0.2, -0.15) is 0 Å². The molecule has 1 N–H and O–H groups in total. The third-order valence-electron chi connectivity index (χ3n) is 3.70. The van der Waals surface area contributed by atoms with Gasteiger partial charge >= 0.3 is 0 Å². The van der Waals surface area contributed by atoms with Gasteiger partial charge in [0.25, 0.3) is 0 Å². The smallest absolute Gasteiger partial charge is 0.160 e. The van der Waals surface area contributed by atoms with Crippen LogP contribution in [0.15, 0.2) is 12.1 Å². The highest BCUT2D eigenvalue weighted by Gasteiger charge is 2.31. The van der Waals surface area contributed by atoms with Crippen LogP contribution in [0.3, 0.4) is 0 Å². The molecule has 5 heteroatoms. The largest absolute Gasteiger partial charge is 0.382 e. The number of ether oxygens (including phenoxy) is 1. The fraction of sp³-hybridized carbons (Fsp3) is 0.571. The molecule has 2 rings (SSSR count). The first-order chi connectivity index (χ1) is 8.93. The quantitative estimate of drug-likeness (QED) is 0.803. The normalized spacial score (nSPS) is 27.3. The van der Waals surface area contributed by atoms with E-state index in [0.717, 1.165) is 31.6 Å². The van der Waals surface area contributed by atoms with Gasteiger partial charge in [-0.1, -0.05) is 30.1 Å². The van der Waals surface area contributed by atoms with Crippen molar-refractivity contribution in [3.63, 3.8) is 0 Å². The van der Waals surface area contributed by atoms with Gasteiger partial charge in [0, 0.05) is 18.3 Å². The lowest BCUT2D eigenvalue weighted by molar-refractivity contribution is -0.0708. The fourth-order valence-corrected chi connectivity index (χ4v) is 2.86. The van der Waals surface area contributed by atoms with Crippen molar-refractivity contribution in [2.75, 3.05) is 11.9 Å². The monoisotopic (exact) mass is 305 g/mol. The Morgan fingerprint density at radius 2 is 2.05 bits per heavy atom. The summed E-state index contributed by atoms with van der Waals surface area (Å²) in [6.07, 6.45) is 2.80. The highest BCUT2D eigenvalue weighted by molar-refractivity contribution is 6.35. The Bertz CT molecular complexity index is 446. The SMILES string of the molecule is CCC1(C)CC(Nc2cc(Cl)c(F)c(Cl)c2)CCO1. The fourth-order valence-electron chi connectivity index (χ4n) is 2.37. The third kappa shape index (κ3) is 3.53. The summed E-state index contributed by atoms with van der Waals surface area (Å²) in [4.78, 5) is 0. The number of halogens is 3. The summed E-state index contributed by atoms with van der Waals surface area (Å²) in [7, 11) is 0. The molecule has 0 amide bonds. The maximum absolute atomic E-state index is 13.4. The second-order valence-corrected chi connectivity index (χ2v) is 6.05. The third-order valence-corrected chi connectivity index (χ3v) is 4.25. The molecule has 0 aliphatic carbocycles. The summed E-state index contributed by atoms with van der Waals surface area (Å²) >= 11 is 11.6. The van der Waals surface area contributed by atoms with Gasteiger partial charge in [0.1, 0.15) is 0 Å². The van der Waals surface area contributed by atoms with E-state index >= 15 is 0 Å². The van der Waals surface area contributed by atoms with Crippen molar-refractivity contribution in [1.29, 1.82) is 0 Å². The second-order valence-electron chi connectivity index (χ2n) is 5.24. The minimum absolute atomic E-state index is 0.0420. The van der Waals surface area contributed by atoms with Crippen molar-refractivity contribution in [2.24, 2.45) is 0 Å². The van der Waals surface area contributed by atoms with Gasteiger partial charge in [0.2, 0.25) is 0 Å². The molecule has 1 aromatic rings. The topological polar surface area (TPSA) is 21.3 Å². The molecule has 19 heavy (non-hydrogen) atoms. The molecule has 0 bridgehead atoms. The summed E-state index contributed by atoms with van der Waals surface area (Å²) in [5.74, 6) is -0.570. The Labute approximate surface area is 123 Å². The van der Waals surface area contributed by atoms with Crippen LogP contribution in [-0.4, -0.2) is 18.2 Å². The molecule has 2 unspecified atom stereocenters. The van der Waals surface area contributed by atoms with Crippen LogP contribution in [0.1, 0.15) is 33.1 Å². The van der Waals surface area contributed by atoms with Crippen molar-refractivity contribution in [3.05, 3.63) is 28.0 Å². The predicted octanol–water partition coefficient (Wildman–Crippen LogP) is 4.89. The standard InChI is InChI=1S/C14H18Cl2FNO/c1-3-14(2)8-9(4-5-19-14)18-10-6-11(15)13(17)12(16)7-10/h6-7,9,18H,3-5,8H2,1-2H3. The van der Waals surface area contributed by atoms with E-state index in [9.17, 15) is 4.39 Å². The van der Waals surface area contributed by atoms with Crippen LogP contribution in [-0.2, 0) is 4.74 Å². The summed E-state index contributed by atoms with van der Waals surface area (Å²) in [6.45, 7) is 4.96. The van der Waals surface area contributed by atoms with Gasteiger partial charge in [-0.15, -0.1) is 0 Å². The first-order valence-electron chi connectivity index (χ1n) is 6.48. The lowest BCUT2D eigenvalue weighted by Crippen LogP contribution is -2.41. The Morgan fingerprint density at radius 3 is 2.63 bits per heavy atom. The number of benzene rings is 1. The van der Waals surface area contributed by atoms with Crippen LogP contribution in [0.4, 0.5) is 10.1 Å². The maximum Gasteiger partial charge on any atom is 0.160 e. The van der Waals surface area contributed by atoms with E-state index in [0.29, 0.717) is 0 Å². The van der Waals surface area contributed by atoms with E-state index in [1.54, 1.807) is 12.1 Å². The molecule has 1 aliphatic rings. The summed E-state index contributed by atoms with van der Waals surface area (Å²) in [5, 5.41) is 3.45. The van der Waals surface area contributed by atoms with Crippen LogP contribution >= 0.6 is 23.2 Å². The van der Waals surface area contributed by atoms with Crippen LogP contribution < -0.4 is 5.32 Å². The zero-order chi connectivity index (χ0) is 14.0. The molecule has 1 saturated heterocycles. The number of nitrogens with one attached hydrogen (secondary N) is 1. The van der Waals surface area contributed by atoms with E-state index in [1.165, 1.54) is 0 Å². The highest BCUT2D eigenvalue weighted by Crippen LogP contribution is 2.32. The van der Waals surface area contributed by atoms with Gasteiger partial charge in [-0.05, 0) is 38.3 Å². The first kappa shape index (κ1) is 14.9. The number of rotatable bonds is 3. The number of hydrogen-bond donors (Lipinski definition) is 1. The van der Waals surface area contributed by atoms with Crippen molar-refractivity contribution >= 4 is 28.9 Å². The van der Waals surface area contributed by atoms with E-state index < -0.39 is 5.82 Å². The van der Waals surface area contributed by atoms with E-state index in [-0.39, 0.29) is 21.7 Å². The van der Waals surface area contributed by atoms with Crippen molar-refractivity contribution in [1.82, 2.24) is 0 Å². The summed E-state index contributed by atoms with van der Waals surface area (Å²) in [6, 6.07) is 3.43. The van der Waals surface area contributed by atoms with Crippen LogP contribution in [0, 0.1) is 5.82 Å². The van der Waals surface area contributed by atoms with Crippen molar-refractivity contribution < 1.29 is 9.13 Å². The molecule has 1 aliphatic heterocycles. The maximum atomic E-state index is 13.4. The number of hydrogen-bond acceptors (Lipinski definition) is 2. The lowest BCUT2D eigenvalue weighted by atomic mass is 9.90. The van der Waals surface area contributed by atoms with Crippen molar-refractivity contribution in [2.45, 2.75) is 44.8 Å². The molecule has 1 heterocycles. The first-order valence-corrected chi connectivity index (χ1v) is 7.24. The molecular formula is C14H18Cl2FNO. The average molecular weight is 306 g/mol. The molecule has 1 fully saturated rings. The van der Waals surface area contributed by atoms with Gasteiger partial charge < -0.3 is 10.1 Å². The van der Waals surface area contributed by atoms with E-state index in [4.69, 9.17) is 27.9 Å². The minimum Gasteiger partial charge on any atom is -0.382 e. The van der Waals surface area contributed by atoms with Gasteiger partial charge in [-0.25, -0.2) is 4.39 Å². The molecule has 0 spiro atoms. The highest BCUT2D eigenvalue weighted by atomic mass is 35.5. The molecular weight excluding hydrogens is 288 g/mol. The molecule has 1 aromatic carbocycles. The van der Waals surface area contributed by atoms with Crippen molar-refractivity contribution in [3.8, 4) is 0 Å². The van der Waals surface area contributed by atoms with E-state index in [1.807, 2.05) is 0 Å². The molecule has 0 radical (unpaired) electrons. The average Bonchev–Trinajstić information content (AvgIpc) is 2.36. The molecule has 2 nitrogen and oxygen atoms in total. The van der Waals surface area contributed by atoms with E-state index in [2.05, 4.69) is 19.2 Å². The predicted molar refractivity (Wildman–Crippen MR) is 77.7 cm³/mol. The van der Waals surface area contributed by atoms with Crippen LogP contribution in [0.5, 0.6) is 0 Å². The Balaban J connectivity index is 2.09. The van der Waals surface area contributed by atoms with Gasteiger partial charge in [0.15, 0.2) is 5.82 Å². The molecule has 2 atom stereocenters. The lowest BCUT2D eigenvalue weighted by Gasteiger charge is -2.38. The Morgan fingerprint density at radius 1 is 1.42 bits per heavy atom.